The molecular weight excluding hydrogens is 788 g/mol. The van der Waals surface area contributed by atoms with Crippen LogP contribution in [0.2, 0.25) is 5.02 Å². The van der Waals surface area contributed by atoms with Gasteiger partial charge in [-0.05, 0) is 124 Å². The highest BCUT2D eigenvalue weighted by molar-refractivity contribution is 6.33. The number of aryl methyl sites for hydroxylation is 1. The minimum Gasteiger partial charge on any atom is -0.351 e. The van der Waals surface area contributed by atoms with E-state index in [-0.39, 0.29) is 30.0 Å². The third-order valence-electron chi connectivity index (χ3n) is 13.8. The molecule has 3 saturated heterocycles. The summed E-state index contributed by atoms with van der Waals surface area (Å²) in [6.45, 7) is 4.83. The number of imidazole rings is 1. The topological polar surface area (TPSA) is 134 Å². The number of benzene rings is 3. The molecule has 9 rings (SSSR count). The second kappa shape index (κ2) is 17.9. The molecule has 3 atom stereocenters. The third-order valence-corrected chi connectivity index (χ3v) is 14.1. The van der Waals surface area contributed by atoms with Gasteiger partial charge in [0, 0.05) is 44.1 Å². The van der Waals surface area contributed by atoms with Gasteiger partial charge in [-0.1, -0.05) is 72.6 Å². The van der Waals surface area contributed by atoms with Crippen molar-refractivity contribution in [3.8, 4) is 22.4 Å². The van der Waals surface area contributed by atoms with E-state index in [9.17, 15) is 19.2 Å². The Bertz CT molecular complexity index is 2470. The standard InChI is InChI=1S/C48H55ClN8O4/c1-54-42-29-35(13-14-40(42)57(48(54)61)41-15-16-43(58)52-45(41)59)33-20-23-55(24-21-33)22-17-31-18-25-56(26-19-31)46(60)37-11-6-12-38(28-37)51-47-50-30-39(49)44(53-47)36-10-5-9-34(27-36)32-7-3-2-4-8-32/h2-5,7-10,13-14,27,29-31,33,37-38,41H,6,11-12,15-26,28H2,1H3,(H,50,51,53)(H,52,58,59)/t37-,38+,41?/m0/s1. The molecule has 4 aliphatic rings. The largest absolute Gasteiger partial charge is 0.351 e. The van der Waals surface area contributed by atoms with Gasteiger partial charge in [0.05, 0.1) is 27.9 Å². The van der Waals surface area contributed by atoms with Crippen LogP contribution in [-0.2, 0) is 21.4 Å². The Morgan fingerprint density at radius 2 is 1.61 bits per heavy atom. The predicted octanol–water partition coefficient (Wildman–Crippen LogP) is 7.57. The van der Waals surface area contributed by atoms with Crippen molar-refractivity contribution in [1.82, 2.24) is 34.2 Å². The van der Waals surface area contributed by atoms with Crippen molar-refractivity contribution >= 4 is 46.3 Å². The van der Waals surface area contributed by atoms with Crippen molar-refractivity contribution in [2.75, 3.05) is 38.0 Å². The Labute approximate surface area is 361 Å². The zero-order valence-corrected chi connectivity index (χ0v) is 35.7. The highest BCUT2D eigenvalue weighted by Crippen LogP contribution is 2.35. The lowest BCUT2D eigenvalue weighted by molar-refractivity contribution is -0.138. The molecule has 2 N–H and O–H groups in total. The first-order chi connectivity index (χ1) is 29.7. The molecule has 0 radical (unpaired) electrons. The maximum Gasteiger partial charge on any atom is 0.329 e. The van der Waals surface area contributed by atoms with Gasteiger partial charge < -0.3 is 15.1 Å². The first-order valence-electron chi connectivity index (χ1n) is 22.2. The molecule has 0 spiro atoms. The lowest BCUT2D eigenvalue weighted by Gasteiger charge is -2.38. The number of rotatable bonds is 10. The number of amides is 3. The van der Waals surface area contributed by atoms with Crippen molar-refractivity contribution in [3.05, 3.63) is 100 Å². The number of nitrogens with one attached hydrogen (secondary N) is 2. The van der Waals surface area contributed by atoms with E-state index < -0.39 is 11.9 Å². The van der Waals surface area contributed by atoms with E-state index in [1.54, 1.807) is 22.4 Å². The van der Waals surface area contributed by atoms with Gasteiger partial charge in [0.2, 0.25) is 23.7 Å². The Morgan fingerprint density at radius 1 is 0.836 bits per heavy atom. The Kier molecular flexibility index (Phi) is 12.1. The normalized spacial score (nSPS) is 22.1. The lowest BCUT2D eigenvalue weighted by Crippen LogP contribution is -2.44. The number of halogens is 1. The van der Waals surface area contributed by atoms with Crippen LogP contribution in [-0.4, -0.2) is 85.4 Å². The maximum absolute atomic E-state index is 13.8. The van der Waals surface area contributed by atoms with Crippen LogP contribution >= 0.6 is 11.6 Å². The van der Waals surface area contributed by atoms with Crippen LogP contribution in [0.5, 0.6) is 0 Å². The Balaban J connectivity index is 0.730. The van der Waals surface area contributed by atoms with Crippen molar-refractivity contribution in [1.29, 1.82) is 0 Å². The lowest BCUT2D eigenvalue weighted by atomic mass is 9.84. The minimum atomic E-state index is -0.675. The number of hydrogen-bond donors (Lipinski definition) is 2. The smallest absolute Gasteiger partial charge is 0.329 e. The number of carbonyl (C=O) groups is 3. The molecule has 12 nitrogen and oxygen atoms in total. The SMILES string of the molecule is Cn1c(=O)n(C2CCC(=O)NC2=O)c2ccc(C3CCN(CCC4CCN(C(=O)[C@H]5CCC[C@@H](Nc6ncc(Cl)c(-c7cccc(-c8ccccc8)c7)n6)C5)CC4)CC3)cc21. The van der Waals surface area contributed by atoms with Gasteiger partial charge in [-0.3, -0.25) is 28.8 Å². The first-order valence-corrected chi connectivity index (χ1v) is 22.6. The van der Waals surface area contributed by atoms with Crippen molar-refractivity contribution in [3.63, 3.8) is 0 Å². The third kappa shape index (κ3) is 8.88. The van der Waals surface area contributed by atoms with Gasteiger partial charge in [-0.2, -0.15) is 0 Å². The van der Waals surface area contributed by atoms with E-state index in [2.05, 4.69) is 61.8 Å². The number of carbonyl (C=O) groups excluding carboxylic acids is 3. The van der Waals surface area contributed by atoms with E-state index in [1.165, 1.54) is 5.56 Å². The summed E-state index contributed by atoms with van der Waals surface area (Å²) in [6.07, 6.45) is 11.3. The van der Waals surface area contributed by atoms with Crippen molar-refractivity contribution in [2.45, 2.75) is 88.6 Å². The van der Waals surface area contributed by atoms with Crippen LogP contribution in [0.1, 0.15) is 88.2 Å². The summed E-state index contributed by atoms with van der Waals surface area (Å²) in [4.78, 5) is 65.5. The van der Waals surface area contributed by atoms with Crippen molar-refractivity contribution in [2.24, 2.45) is 18.9 Å². The molecule has 5 heterocycles. The molecule has 5 aromatic rings. The van der Waals surface area contributed by atoms with Gasteiger partial charge in [0.25, 0.3) is 0 Å². The zero-order valence-electron chi connectivity index (χ0n) is 34.9. The summed E-state index contributed by atoms with van der Waals surface area (Å²) in [5.41, 5.74) is 6.41. The average molecular weight is 843 g/mol. The number of likely N-dealkylation sites (tertiary alicyclic amines) is 2. The Hall–Kier alpha value is -5.33. The molecule has 0 bridgehead atoms. The molecule has 3 aromatic carbocycles. The number of anilines is 1. The highest BCUT2D eigenvalue weighted by atomic mass is 35.5. The number of piperidine rings is 3. The van der Waals surface area contributed by atoms with Crippen LogP contribution < -0.4 is 16.3 Å². The fourth-order valence-electron chi connectivity index (χ4n) is 10.3. The number of nitrogens with zero attached hydrogens (tertiary/aromatic N) is 6. The molecule has 2 aromatic heterocycles. The Morgan fingerprint density at radius 3 is 2.39 bits per heavy atom. The summed E-state index contributed by atoms with van der Waals surface area (Å²) < 4.78 is 3.18. The van der Waals surface area contributed by atoms with E-state index >= 15 is 0 Å². The van der Waals surface area contributed by atoms with Crippen LogP contribution in [0.3, 0.4) is 0 Å². The van der Waals surface area contributed by atoms with E-state index in [0.717, 1.165) is 118 Å². The second-order valence-corrected chi connectivity index (χ2v) is 18.0. The summed E-state index contributed by atoms with van der Waals surface area (Å²) >= 11 is 6.64. The number of imide groups is 1. The van der Waals surface area contributed by atoms with E-state index in [0.29, 0.717) is 40.8 Å². The minimum absolute atomic E-state index is 0.00857. The molecule has 3 aliphatic heterocycles. The number of aromatic nitrogens is 4. The summed E-state index contributed by atoms with van der Waals surface area (Å²) in [6, 6.07) is 24.2. The van der Waals surface area contributed by atoms with Crippen LogP contribution in [0.15, 0.2) is 83.8 Å². The number of hydrogen-bond acceptors (Lipinski definition) is 8. The molecule has 1 unspecified atom stereocenters. The molecule has 318 valence electrons. The average Bonchev–Trinajstić information content (AvgIpc) is 3.54. The molecule has 3 amide bonds. The van der Waals surface area contributed by atoms with Gasteiger partial charge in [-0.15, -0.1) is 0 Å². The molecule has 1 saturated carbocycles. The second-order valence-electron chi connectivity index (χ2n) is 17.6. The quantitative estimate of drug-likeness (QED) is 0.138. The molecular formula is C48H55ClN8O4. The molecule has 61 heavy (non-hydrogen) atoms. The first kappa shape index (κ1) is 41.0. The van der Waals surface area contributed by atoms with Gasteiger partial charge in [0.15, 0.2) is 0 Å². The van der Waals surface area contributed by atoms with Crippen LogP contribution in [0, 0.1) is 11.8 Å². The predicted molar refractivity (Wildman–Crippen MR) is 238 cm³/mol. The van der Waals surface area contributed by atoms with Gasteiger partial charge >= 0.3 is 5.69 Å². The van der Waals surface area contributed by atoms with E-state index in [1.807, 2.05) is 36.4 Å². The fraction of sp³-hybridized carbons (Fsp3) is 0.458. The van der Waals surface area contributed by atoms with Gasteiger partial charge in [-0.25, -0.2) is 14.8 Å². The summed E-state index contributed by atoms with van der Waals surface area (Å²) in [7, 11) is 1.75. The van der Waals surface area contributed by atoms with Gasteiger partial charge in [0.1, 0.15) is 6.04 Å². The number of fused-ring (bicyclic) bond motifs is 1. The molecule has 1 aliphatic carbocycles. The monoisotopic (exact) mass is 842 g/mol. The molecule has 4 fully saturated rings. The highest BCUT2D eigenvalue weighted by Gasteiger charge is 2.34. The summed E-state index contributed by atoms with van der Waals surface area (Å²) in [5, 5.41) is 6.45. The van der Waals surface area contributed by atoms with Crippen LogP contribution in [0.25, 0.3) is 33.4 Å². The molecule has 13 heteroatoms. The van der Waals surface area contributed by atoms with E-state index in [4.69, 9.17) is 16.6 Å². The van der Waals surface area contributed by atoms with Crippen LogP contribution in [0.4, 0.5) is 5.95 Å². The maximum atomic E-state index is 13.8. The zero-order chi connectivity index (χ0) is 42.0. The fourth-order valence-corrected chi connectivity index (χ4v) is 10.5. The summed E-state index contributed by atoms with van der Waals surface area (Å²) in [5.74, 6) is 1.19. The van der Waals surface area contributed by atoms with Crippen molar-refractivity contribution < 1.29 is 14.4 Å².